The quantitative estimate of drug-likeness (QED) is 0.765. The average molecular weight is 351 g/mol. The van der Waals surface area contributed by atoms with Gasteiger partial charge in [0.05, 0.1) is 12.0 Å². The molecule has 4 rings (SSSR count). The third-order valence-electron chi connectivity index (χ3n) is 6.33. The van der Waals surface area contributed by atoms with Crippen LogP contribution in [0.5, 0.6) is 0 Å². The van der Waals surface area contributed by atoms with Gasteiger partial charge in [-0.3, -0.25) is 4.79 Å². The molecule has 0 aromatic heterocycles. The fraction of sp³-hybridized carbons (Fsp3) is 0.609. The fourth-order valence-electron chi connectivity index (χ4n) is 4.71. The van der Waals surface area contributed by atoms with Crippen molar-refractivity contribution in [2.24, 2.45) is 5.92 Å². The third kappa shape index (κ3) is 3.81. The van der Waals surface area contributed by atoms with Gasteiger partial charge < -0.3 is 9.80 Å². The average Bonchev–Trinajstić information content (AvgIpc) is 2.95. The van der Waals surface area contributed by atoms with Crippen LogP contribution >= 0.6 is 0 Å². The molecule has 2 heterocycles. The first kappa shape index (κ1) is 17.6. The van der Waals surface area contributed by atoms with E-state index in [0.29, 0.717) is 0 Å². The Balaban J connectivity index is 1.42. The first-order valence-corrected chi connectivity index (χ1v) is 10.3. The molecule has 26 heavy (non-hydrogen) atoms. The lowest BCUT2D eigenvalue weighted by Gasteiger charge is -2.28. The zero-order valence-electron chi connectivity index (χ0n) is 16.0. The molecule has 0 saturated carbocycles. The van der Waals surface area contributed by atoms with Gasteiger partial charge in [-0.25, -0.2) is 0 Å². The van der Waals surface area contributed by atoms with Crippen LogP contribution in [-0.2, 0) is 17.6 Å². The zero-order chi connectivity index (χ0) is 17.9. The van der Waals surface area contributed by atoms with E-state index in [9.17, 15) is 4.79 Å². The summed E-state index contributed by atoms with van der Waals surface area (Å²) in [6.07, 6.45) is 9.77. The van der Waals surface area contributed by atoms with Crippen LogP contribution in [0.4, 0.5) is 0 Å². The van der Waals surface area contributed by atoms with E-state index in [0.717, 1.165) is 31.6 Å². The molecule has 3 aliphatic rings. The van der Waals surface area contributed by atoms with E-state index in [1.54, 1.807) is 0 Å². The van der Waals surface area contributed by atoms with Crippen molar-refractivity contribution in [3.63, 3.8) is 0 Å². The van der Waals surface area contributed by atoms with Gasteiger partial charge in [0.1, 0.15) is 0 Å². The molecule has 1 aromatic rings. The molecule has 2 atom stereocenters. The predicted molar refractivity (Wildman–Crippen MR) is 105 cm³/mol. The first-order valence-electron chi connectivity index (χ1n) is 10.3. The molecule has 2 unspecified atom stereocenters. The number of hydrogen-bond donors (Lipinski definition) is 0. The number of fused-ring (bicyclic) bond motifs is 1. The molecule has 3 heteroatoms. The van der Waals surface area contributed by atoms with Crippen LogP contribution in [0.3, 0.4) is 0 Å². The first-order chi connectivity index (χ1) is 12.7. The lowest BCUT2D eigenvalue weighted by Crippen LogP contribution is -2.37. The Kier molecular flexibility index (Phi) is 5.31. The van der Waals surface area contributed by atoms with E-state index in [1.165, 1.54) is 56.1 Å². The minimum Gasteiger partial charge on any atom is -0.332 e. The van der Waals surface area contributed by atoms with Gasteiger partial charge in [-0.2, -0.15) is 0 Å². The number of benzene rings is 1. The van der Waals surface area contributed by atoms with Crippen LogP contribution in [-0.4, -0.2) is 48.4 Å². The summed E-state index contributed by atoms with van der Waals surface area (Å²) in [6, 6.07) is 6.73. The summed E-state index contributed by atoms with van der Waals surface area (Å²) < 4.78 is 0. The molecular weight excluding hydrogens is 320 g/mol. The largest absolute Gasteiger partial charge is 0.332 e. The van der Waals surface area contributed by atoms with E-state index in [1.807, 2.05) is 11.9 Å². The summed E-state index contributed by atoms with van der Waals surface area (Å²) in [6.45, 7) is 3.22. The number of nitrogens with zero attached hydrogens (tertiary/aromatic N) is 2. The van der Waals surface area contributed by atoms with Crippen LogP contribution in [0.1, 0.15) is 55.2 Å². The highest BCUT2D eigenvalue weighted by atomic mass is 16.2. The topological polar surface area (TPSA) is 23.6 Å². The number of likely N-dealkylation sites (tertiary alicyclic amines) is 2. The van der Waals surface area contributed by atoms with Crippen molar-refractivity contribution in [2.75, 3.05) is 26.7 Å². The number of hydrogen-bond acceptors (Lipinski definition) is 2. The Hall–Kier alpha value is -1.79. The summed E-state index contributed by atoms with van der Waals surface area (Å²) in [5, 5.41) is 0. The maximum Gasteiger partial charge on any atom is 0.227 e. The summed E-state index contributed by atoms with van der Waals surface area (Å²) in [5.74, 6) is 7.15. The van der Waals surface area contributed by atoms with Crippen LogP contribution in [0, 0.1) is 17.8 Å². The SMILES string of the molecule is CN1C(=O)C(CN2CCCCC2)CC1C#Cc1ccc2c(c1)CCCC2. The second kappa shape index (κ2) is 7.84. The standard InChI is InChI=1S/C23H30N2O/c1-24-22(16-21(23(24)26)17-25-13-5-2-6-14-25)12-10-18-9-11-19-7-3-4-8-20(19)15-18/h9,11,15,21-22H,2-8,13-14,16-17H2,1H3. The van der Waals surface area contributed by atoms with Crippen LogP contribution < -0.4 is 0 Å². The highest BCUT2D eigenvalue weighted by Crippen LogP contribution is 2.26. The Morgan fingerprint density at radius 2 is 1.81 bits per heavy atom. The number of aryl methyl sites for hydroxylation is 2. The Labute approximate surface area is 157 Å². The molecule has 2 aliphatic heterocycles. The Morgan fingerprint density at radius 1 is 1.04 bits per heavy atom. The van der Waals surface area contributed by atoms with Gasteiger partial charge in [-0.15, -0.1) is 0 Å². The minimum atomic E-state index is 0.0633. The third-order valence-corrected chi connectivity index (χ3v) is 6.33. The van der Waals surface area contributed by atoms with Crippen molar-refractivity contribution in [1.29, 1.82) is 0 Å². The summed E-state index contributed by atoms with van der Waals surface area (Å²) in [4.78, 5) is 17.0. The molecule has 0 bridgehead atoms. The molecule has 0 N–H and O–H groups in total. The summed E-state index contributed by atoms with van der Waals surface area (Å²) in [7, 11) is 1.92. The lowest BCUT2D eigenvalue weighted by atomic mass is 9.90. The smallest absolute Gasteiger partial charge is 0.227 e. The van der Waals surface area contributed by atoms with E-state index >= 15 is 0 Å². The number of carbonyl (C=O) groups is 1. The van der Waals surface area contributed by atoms with Crippen LogP contribution in [0.15, 0.2) is 18.2 Å². The number of rotatable bonds is 2. The van der Waals surface area contributed by atoms with Crippen LogP contribution in [0.2, 0.25) is 0 Å². The molecule has 0 spiro atoms. The van der Waals surface area contributed by atoms with Crippen LogP contribution in [0.25, 0.3) is 0 Å². The van der Waals surface area contributed by atoms with Gasteiger partial charge in [0.25, 0.3) is 0 Å². The second-order valence-corrected chi connectivity index (χ2v) is 8.22. The number of amides is 1. The van der Waals surface area contributed by atoms with Crippen molar-refractivity contribution in [3.05, 3.63) is 34.9 Å². The van der Waals surface area contributed by atoms with E-state index < -0.39 is 0 Å². The second-order valence-electron chi connectivity index (χ2n) is 8.22. The highest BCUT2D eigenvalue weighted by Gasteiger charge is 2.37. The zero-order valence-corrected chi connectivity index (χ0v) is 16.0. The number of carbonyl (C=O) groups excluding carboxylic acids is 1. The predicted octanol–water partition coefficient (Wildman–Crippen LogP) is 3.25. The molecule has 1 aliphatic carbocycles. The van der Waals surface area contributed by atoms with Gasteiger partial charge >= 0.3 is 0 Å². The monoisotopic (exact) mass is 350 g/mol. The Morgan fingerprint density at radius 3 is 2.62 bits per heavy atom. The van der Waals surface area contributed by atoms with Crippen molar-refractivity contribution >= 4 is 5.91 Å². The maximum atomic E-state index is 12.6. The van der Waals surface area contributed by atoms with Gasteiger partial charge in [0, 0.05) is 19.2 Å². The Bertz CT molecular complexity index is 723. The fourth-order valence-corrected chi connectivity index (χ4v) is 4.71. The van der Waals surface area contributed by atoms with E-state index in [-0.39, 0.29) is 17.9 Å². The molecule has 1 amide bonds. The molecular formula is C23H30N2O. The van der Waals surface area contributed by atoms with E-state index in [2.05, 4.69) is 34.9 Å². The number of piperidine rings is 1. The minimum absolute atomic E-state index is 0.0633. The highest BCUT2D eigenvalue weighted by molar-refractivity contribution is 5.82. The van der Waals surface area contributed by atoms with Crippen molar-refractivity contribution < 1.29 is 4.79 Å². The van der Waals surface area contributed by atoms with Crippen molar-refractivity contribution in [2.45, 2.75) is 57.4 Å². The van der Waals surface area contributed by atoms with E-state index in [4.69, 9.17) is 0 Å². The van der Waals surface area contributed by atoms with Crippen molar-refractivity contribution in [1.82, 2.24) is 9.80 Å². The molecule has 2 saturated heterocycles. The summed E-state index contributed by atoms with van der Waals surface area (Å²) in [5.41, 5.74) is 4.07. The molecule has 3 nitrogen and oxygen atoms in total. The van der Waals surface area contributed by atoms with Gasteiger partial charge in [0.15, 0.2) is 0 Å². The van der Waals surface area contributed by atoms with Crippen molar-refractivity contribution in [3.8, 4) is 11.8 Å². The molecule has 0 radical (unpaired) electrons. The van der Waals surface area contributed by atoms with Gasteiger partial charge in [0.2, 0.25) is 5.91 Å². The normalized spacial score (nSPS) is 26.3. The molecule has 1 aromatic carbocycles. The maximum absolute atomic E-state index is 12.6. The van der Waals surface area contributed by atoms with Gasteiger partial charge in [-0.1, -0.05) is 24.3 Å². The summed E-state index contributed by atoms with van der Waals surface area (Å²) >= 11 is 0. The molecule has 2 fully saturated rings. The molecule has 138 valence electrons. The van der Waals surface area contributed by atoms with Gasteiger partial charge in [-0.05, 0) is 81.3 Å². The lowest BCUT2D eigenvalue weighted by molar-refractivity contribution is -0.130.